The minimum Gasteiger partial charge on any atom is -0.469 e. The van der Waals surface area contributed by atoms with Gasteiger partial charge in [-0.3, -0.25) is 9.59 Å². The summed E-state index contributed by atoms with van der Waals surface area (Å²) in [7, 11) is 1.39. The van der Waals surface area contributed by atoms with E-state index < -0.39 is 0 Å². The van der Waals surface area contributed by atoms with Gasteiger partial charge in [0, 0.05) is 12.1 Å². The van der Waals surface area contributed by atoms with Crippen molar-refractivity contribution in [3.05, 3.63) is 17.5 Å². The van der Waals surface area contributed by atoms with Crippen molar-refractivity contribution in [2.75, 3.05) is 7.11 Å². The molecule has 0 radical (unpaired) electrons. The van der Waals surface area contributed by atoms with Crippen LogP contribution in [0.5, 0.6) is 0 Å². The third kappa shape index (κ3) is 4.31. The monoisotopic (exact) mass is 294 g/mol. The first kappa shape index (κ1) is 15.5. The number of methoxy groups -OCH3 is 1. The molecule has 0 spiro atoms. The van der Waals surface area contributed by atoms with E-state index in [2.05, 4.69) is 10.5 Å². The van der Waals surface area contributed by atoms with Crippen LogP contribution in [-0.2, 0) is 20.7 Å². The molecule has 1 aromatic rings. The number of aryl methyl sites for hydroxylation is 1. The molecule has 2 atom stereocenters. The molecule has 6 heteroatoms. The Hall–Kier alpha value is -1.85. The minimum atomic E-state index is -0.250. The molecule has 0 aromatic carbocycles. The van der Waals surface area contributed by atoms with Gasteiger partial charge in [-0.1, -0.05) is 24.4 Å². The van der Waals surface area contributed by atoms with Crippen LogP contribution in [0.25, 0.3) is 0 Å². The fourth-order valence-corrected chi connectivity index (χ4v) is 2.84. The Morgan fingerprint density at radius 2 is 2.14 bits per heavy atom. The highest BCUT2D eigenvalue weighted by atomic mass is 16.5. The number of nitrogens with zero attached hydrogens (tertiary/aromatic N) is 1. The summed E-state index contributed by atoms with van der Waals surface area (Å²) in [6.07, 6.45) is 4.84. The van der Waals surface area contributed by atoms with Gasteiger partial charge in [-0.15, -0.1) is 0 Å². The van der Waals surface area contributed by atoms with Gasteiger partial charge in [0.2, 0.25) is 5.91 Å². The lowest BCUT2D eigenvalue weighted by Crippen LogP contribution is -2.43. The number of hydrogen-bond acceptors (Lipinski definition) is 5. The Labute approximate surface area is 124 Å². The van der Waals surface area contributed by atoms with E-state index in [4.69, 9.17) is 9.26 Å². The highest BCUT2D eigenvalue weighted by molar-refractivity contribution is 5.80. The molecule has 0 aliphatic heterocycles. The molecule has 1 amide bonds. The Morgan fingerprint density at radius 1 is 1.38 bits per heavy atom. The van der Waals surface area contributed by atoms with Gasteiger partial charge in [0.25, 0.3) is 0 Å². The summed E-state index contributed by atoms with van der Waals surface area (Å²) in [5.74, 6) is 0.0591. The fourth-order valence-electron chi connectivity index (χ4n) is 2.84. The van der Waals surface area contributed by atoms with Crippen LogP contribution in [0.1, 0.15) is 43.6 Å². The highest BCUT2D eigenvalue weighted by Crippen LogP contribution is 2.24. The van der Waals surface area contributed by atoms with E-state index in [1.807, 2.05) is 0 Å². The van der Waals surface area contributed by atoms with Gasteiger partial charge < -0.3 is 14.6 Å². The molecule has 2 rings (SSSR count). The lowest BCUT2D eigenvalue weighted by atomic mass is 9.94. The first-order valence-corrected chi connectivity index (χ1v) is 7.39. The first-order valence-electron chi connectivity index (χ1n) is 7.39. The van der Waals surface area contributed by atoms with Crippen molar-refractivity contribution in [1.29, 1.82) is 0 Å². The number of hydrogen-bond donors (Lipinski definition) is 1. The lowest BCUT2D eigenvalue weighted by molar-refractivity contribution is -0.147. The third-order valence-electron chi connectivity index (χ3n) is 3.88. The van der Waals surface area contributed by atoms with Crippen LogP contribution in [0.15, 0.2) is 10.6 Å². The largest absolute Gasteiger partial charge is 0.469 e. The predicted octanol–water partition coefficient (Wildman–Crippen LogP) is 1.76. The molecular weight excluding hydrogens is 272 g/mol. The second kappa shape index (κ2) is 7.24. The maximum Gasteiger partial charge on any atom is 0.310 e. The smallest absolute Gasteiger partial charge is 0.310 e. The molecule has 1 saturated carbocycles. The number of esters is 1. The van der Waals surface area contributed by atoms with Gasteiger partial charge in [-0.05, 0) is 19.8 Å². The number of carbonyl (C=O) groups is 2. The number of ether oxygens (including phenoxy) is 1. The van der Waals surface area contributed by atoms with E-state index in [1.54, 1.807) is 13.0 Å². The maximum absolute atomic E-state index is 12.1. The number of rotatable bonds is 4. The Kier molecular flexibility index (Phi) is 5.36. The molecule has 0 saturated heterocycles. The number of aromatic nitrogens is 1. The zero-order valence-electron chi connectivity index (χ0n) is 12.6. The van der Waals surface area contributed by atoms with Crippen LogP contribution in [0.3, 0.4) is 0 Å². The number of amides is 1. The van der Waals surface area contributed by atoms with Crippen molar-refractivity contribution >= 4 is 11.9 Å². The van der Waals surface area contributed by atoms with Crippen LogP contribution in [0.2, 0.25) is 0 Å². The maximum atomic E-state index is 12.1. The zero-order chi connectivity index (χ0) is 15.2. The molecule has 0 unspecified atom stereocenters. The summed E-state index contributed by atoms with van der Waals surface area (Å²) < 4.78 is 9.81. The van der Waals surface area contributed by atoms with Crippen LogP contribution in [0, 0.1) is 12.8 Å². The van der Waals surface area contributed by atoms with Crippen molar-refractivity contribution in [2.24, 2.45) is 5.92 Å². The first-order chi connectivity index (χ1) is 10.1. The summed E-state index contributed by atoms with van der Waals surface area (Å²) >= 11 is 0. The molecule has 116 valence electrons. The summed E-state index contributed by atoms with van der Waals surface area (Å²) in [5.41, 5.74) is 0.605. The molecule has 1 aliphatic rings. The molecule has 1 aromatic heterocycles. The minimum absolute atomic E-state index is 0.135. The van der Waals surface area contributed by atoms with Gasteiger partial charge >= 0.3 is 5.97 Å². The van der Waals surface area contributed by atoms with Crippen LogP contribution >= 0.6 is 0 Å². The van der Waals surface area contributed by atoms with Gasteiger partial charge in [-0.2, -0.15) is 0 Å². The summed E-state index contributed by atoms with van der Waals surface area (Å²) in [6, 6.07) is 1.59. The average Bonchev–Trinajstić information content (AvgIpc) is 2.72. The normalized spacial score (nSPS) is 22.4. The number of carbonyl (C=O) groups excluding carboxylic acids is 2. The topological polar surface area (TPSA) is 81.4 Å². The fraction of sp³-hybridized carbons (Fsp3) is 0.667. The lowest BCUT2D eigenvalue weighted by Gasteiger charge is -2.23. The molecule has 1 aliphatic carbocycles. The summed E-state index contributed by atoms with van der Waals surface area (Å²) in [4.78, 5) is 24.0. The molecule has 1 N–H and O–H groups in total. The molecule has 1 heterocycles. The predicted molar refractivity (Wildman–Crippen MR) is 75.5 cm³/mol. The molecule has 1 fully saturated rings. The van der Waals surface area contributed by atoms with Crippen molar-refractivity contribution in [2.45, 2.75) is 51.5 Å². The quantitative estimate of drug-likeness (QED) is 0.676. The van der Waals surface area contributed by atoms with Crippen molar-refractivity contribution in [1.82, 2.24) is 10.5 Å². The van der Waals surface area contributed by atoms with Crippen LogP contribution in [0.4, 0.5) is 0 Å². The van der Waals surface area contributed by atoms with E-state index in [-0.39, 0.29) is 30.3 Å². The van der Waals surface area contributed by atoms with E-state index in [0.717, 1.165) is 32.1 Å². The zero-order valence-corrected chi connectivity index (χ0v) is 12.6. The Bertz CT molecular complexity index is 498. The van der Waals surface area contributed by atoms with E-state index in [9.17, 15) is 9.59 Å². The molecular formula is C15H22N2O4. The molecule has 6 nitrogen and oxygen atoms in total. The standard InChI is InChI=1S/C15H22N2O4/c1-10-8-11(17-21-10)9-14(18)16-13-7-5-3-4-6-12(13)15(19)20-2/h8,12-13H,3-7,9H2,1-2H3,(H,16,18)/t12-,13+/m0/s1. The summed E-state index contributed by atoms with van der Waals surface area (Å²) in [5, 5.41) is 6.77. The SMILES string of the molecule is COC(=O)[C@H]1CCCCC[C@H]1NC(=O)Cc1cc(C)on1. The second-order valence-corrected chi connectivity index (χ2v) is 5.55. The third-order valence-corrected chi connectivity index (χ3v) is 3.88. The van der Waals surface area contributed by atoms with Gasteiger partial charge in [0.05, 0.1) is 25.1 Å². The van der Waals surface area contributed by atoms with Gasteiger partial charge in [0.1, 0.15) is 5.76 Å². The van der Waals surface area contributed by atoms with Crippen molar-refractivity contribution in [3.63, 3.8) is 0 Å². The van der Waals surface area contributed by atoms with E-state index in [1.165, 1.54) is 7.11 Å². The van der Waals surface area contributed by atoms with Gasteiger partial charge in [0.15, 0.2) is 0 Å². The van der Waals surface area contributed by atoms with Crippen LogP contribution < -0.4 is 5.32 Å². The summed E-state index contributed by atoms with van der Waals surface area (Å²) in [6.45, 7) is 1.78. The van der Waals surface area contributed by atoms with Crippen LogP contribution in [-0.4, -0.2) is 30.2 Å². The second-order valence-electron chi connectivity index (χ2n) is 5.55. The van der Waals surface area contributed by atoms with E-state index >= 15 is 0 Å². The Morgan fingerprint density at radius 3 is 2.81 bits per heavy atom. The highest BCUT2D eigenvalue weighted by Gasteiger charge is 2.31. The molecule has 0 bridgehead atoms. The van der Waals surface area contributed by atoms with E-state index in [0.29, 0.717) is 11.5 Å². The number of nitrogens with one attached hydrogen (secondary N) is 1. The Balaban J connectivity index is 1.96. The van der Waals surface area contributed by atoms with Gasteiger partial charge in [-0.25, -0.2) is 0 Å². The molecule has 21 heavy (non-hydrogen) atoms. The average molecular weight is 294 g/mol. The van der Waals surface area contributed by atoms with Crippen molar-refractivity contribution < 1.29 is 18.8 Å². The van der Waals surface area contributed by atoms with Crippen molar-refractivity contribution in [3.8, 4) is 0 Å².